The molecule has 1 saturated heterocycles. The lowest BCUT2D eigenvalue weighted by Gasteiger charge is -2.43. The molecule has 2 atom stereocenters. The van der Waals surface area contributed by atoms with E-state index in [0.717, 1.165) is 0 Å². The molecule has 2 aliphatic rings. The summed E-state index contributed by atoms with van der Waals surface area (Å²) in [4.78, 5) is 43.5. The van der Waals surface area contributed by atoms with Crippen molar-refractivity contribution in [1.82, 2.24) is 29.5 Å². The monoisotopic (exact) mass is 492 g/mol. The predicted octanol–water partition coefficient (Wildman–Crippen LogP) is 0.603. The summed E-state index contributed by atoms with van der Waals surface area (Å²) in [5, 5.41) is 18.4. The standard InChI is InChI=1S/C25H25FN6O4/c1-2-21(33)29-20-8-7-18(20)23(34)30-11-9-25(36,10-12-30)14-31-15-27-22-19(24(31)35)13-28-32(22)17-5-3-16(26)4-6-17/h1,3-6,13,15,18,20,36H,7-12,14H2,(H,29,33)/t18-,20+/m0/s1. The van der Waals surface area contributed by atoms with Crippen molar-refractivity contribution in [3.63, 3.8) is 0 Å². The Labute approximate surface area is 205 Å². The number of likely N-dealkylation sites (tertiary alicyclic amines) is 1. The maximum absolute atomic E-state index is 13.3. The summed E-state index contributed by atoms with van der Waals surface area (Å²) in [6, 6.07) is 5.43. The van der Waals surface area contributed by atoms with Crippen molar-refractivity contribution in [1.29, 1.82) is 0 Å². The Morgan fingerprint density at radius 2 is 1.94 bits per heavy atom. The number of amides is 2. The highest BCUT2D eigenvalue weighted by Gasteiger charge is 2.42. The summed E-state index contributed by atoms with van der Waals surface area (Å²) in [5.74, 6) is 0.739. The van der Waals surface area contributed by atoms with Crippen molar-refractivity contribution in [3.8, 4) is 18.0 Å². The number of aromatic nitrogens is 4. The van der Waals surface area contributed by atoms with Gasteiger partial charge < -0.3 is 15.3 Å². The molecule has 0 bridgehead atoms. The highest BCUT2D eigenvalue weighted by atomic mass is 19.1. The van der Waals surface area contributed by atoms with Crippen LogP contribution in [0.1, 0.15) is 25.7 Å². The fourth-order valence-electron chi connectivity index (χ4n) is 4.86. The van der Waals surface area contributed by atoms with E-state index in [1.807, 2.05) is 5.92 Å². The van der Waals surface area contributed by atoms with E-state index in [1.54, 1.807) is 17.0 Å². The van der Waals surface area contributed by atoms with Crippen LogP contribution in [0.15, 0.2) is 41.6 Å². The van der Waals surface area contributed by atoms with E-state index in [4.69, 9.17) is 6.42 Å². The van der Waals surface area contributed by atoms with Gasteiger partial charge in [0.05, 0.1) is 29.9 Å². The molecule has 1 aliphatic heterocycles. The first-order chi connectivity index (χ1) is 17.3. The minimum Gasteiger partial charge on any atom is -0.388 e. The van der Waals surface area contributed by atoms with Crippen LogP contribution in [0.2, 0.25) is 0 Å². The molecular formula is C25H25FN6O4. The zero-order valence-corrected chi connectivity index (χ0v) is 19.4. The van der Waals surface area contributed by atoms with E-state index in [9.17, 15) is 23.9 Å². The lowest BCUT2D eigenvalue weighted by atomic mass is 9.78. The fourth-order valence-corrected chi connectivity index (χ4v) is 4.86. The summed E-state index contributed by atoms with van der Waals surface area (Å²) in [6.07, 6.45) is 9.86. The van der Waals surface area contributed by atoms with Gasteiger partial charge >= 0.3 is 0 Å². The van der Waals surface area contributed by atoms with Crippen LogP contribution < -0.4 is 10.9 Å². The van der Waals surface area contributed by atoms with Crippen LogP contribution in [-0.4, -0.2) is 65.9 Å². The Bertz CT molecular complexity index is 1420. The second-order valence-corrected chi connectivity index (χ2v) is 9.41. The molecule has 2 amide bonds. The third-order valence-corrected chi connectivity index (χ3v) is 7.14. The van der Waals surface area contributed by atoms with Gasteiger partial charge in [0.15, 0.2) is 5.65 Å². The average Bonchev–Trinajstić information content (AvgIpc) is 3.29. The lowest BCUT2D eigenvalue weighted by molar-refractivity contribution is -0.144. The van der Waals surface area contributed by atoms with E-state index >= 15 is 0 Å². The molecule has 1 aliphatic carbocycles. The van der Waals surface area contributed by atoms with Crippen LogP contribution >= 0.6 is 0 Å². The van der Waals surface area contributed by atoms with E-state index < -0.39 is 11.5 Å². The number of benzene rings is 1. The Morgan fingerprint density at radius 1 is 1.22 bits per heavy atom. The van der Waals surface area contributed by atoms with Crippen LogP contribution in [0.25, 0.3) is 16.7 Å². The molecule has 2 aromatic heterocycles. The number of terminal acetylenes is 1. The van der Waals surface area contributed by atoms with Gasteiger partial charge in [-0.25, -0.2) is 14.1 Å². The molecule has 2 N–H and O–H groups in total. The van der Waals surface area contributed by atoms with E-state index in [-0.39, 0.29) is 41.2 Å². The minimum atomic E-state index is -1.18. The third kappa shape index (κ3) is 4.35. The zero-order chi connectivity index (χ0) is 25.4. The number of rotatable bonds is 5. The van der Waals surface area contributed by atoms with Gasteiger partial charge in [-0.1, -0.05) is 0 Å². The predicted molar refractivity (Wildman–Crippen MR) is 127 cm³/mol. The normalized spacial score (nSPS) is 21.0. The molecule has 1 saturated carbocycles. The molecule has 0 radical (unpaired) electrons. The largest absolute Gasteiger partial charge is 0.388 e. The molecule has 3 heterocycles. The summed E-state index contributed by atoms with van der Waals surface area (Å²) < 4.78 is 16.1. The first-order valence-corrected chi connectivity index (χ1v) is 11.8. The number of nitrogens with one attached hydrogen (secondary N) is 1. The molecule has 3 aromatic rings. The van der Waals surface area contributed by atoms with Gasteiger partial charge in [0.1, 0.15) is 17.5 Å². The third-order valence-electron chi connectivity index (χ3n) is 7.14. The Kier molecular flexibility index (Phi) is 6.05. The van der Waals surface area contributed by atoms with Crippen molar-refractivity contribution in [2.24, 2.45) is 5.92 Å². The maximum atomic E-state index is 13.3. The smallest absolute Gasteiger partial charge is 0.295 e. The van der Waals surface area contributed by atoms with Gasteiger partial charge in [-0.3, -0.25) is 19.0 Å². The molecule has 11 heteroatoms. The molecule has 186 valence electrons. The Balaban J connectivity index is 1.25. The van der Waals surface area contributed by atoms with E-state index in [0.29, 0.717) is 50.1 Å². The first-order valence-electron chi connectivity index (χ1n) is 11.8. The molecule has 36 heavy (non-hydrogen) atoms. The second kappa shape index (κ2) is 9.20. The summed E-state index contributed by atoms with van der Waals surface area (Å²) >= 11 is 0. The molecule has 1 aromatic carbocycles. The summed E-state index contributed by atoms with van der Waals surface area (Å²) in [7, 11) is 0. The molecule has 5 rings (SSSR count). The van der Waals surface area contributed by atoms with Crippen molar-refractivity contribution in [3.05, 3.63) is 53.0 Å². The van der Waals surface area contributed by atoms with Gasteiger partial charge in [0.25, 0.3) is 11.5 Å². The van der Waals surface area contributed by atoms with Gasteiger partial charge in [-0.15, -0.1) is 6.42 Å². The minimum absolute atomic E-state index is 0.0306. The van der Waals surface area contributed by atoms with Crippen molar-refractivity contribution in [2.45, 2.75) is 43.9 Å². The summed E-state index contributed by atoms with van der Waals surface area (Å²) in [6.45, 7) is 0.714. The van der Waals surface area contributed by atoms with Crippen LogP contribution in [-0.2, 0) is 16.1 Å². The number of piperidine rings is 1. The van der Waals surface area contributed by atoms with Gasteiger partial charge in [0, 0.05) is 19.1 Å². The van der Waals surface area contributed by atoms with Crippen LogP contribution in [0.3, 0.4) is 0 Å². The van der Waals surface area contributed by atoms with Crippen molar-refractivity contribution < 1.29 is 19.1 Å². The second-order valence-electron chi connectivity index (χ2n) is 9.41. The van der Waals surface area contributed by atoms with E-state index in [1.165, 1.54) is 33.9 Å². The summed E-state index contributed by atoms with van der Waals surface area (Å²) in [5.41, 5.74) is -0.622. The van der Waals surface area contributed by atoms with Crippen LogP contribution in [0.5, 0.6) is 0 Å². The molecule has 0 unspecified atom stereocenters. The number of carbonyl (C=O) groups excluding carboxylic acids is 2. The maximum Gasteiger partial charge on any atom is 0.295 e. The number of hydrogen-bond acceptors (Lipinski definition) is 6. The first kappa shape index (κ1) is 23.7. The molecule has 0 spiro atoms. The number of carbonyl (C=O) groups is 2. The zero-order valence-electron chi connectivity index (χ0n) is 19.4. The fraction of sp³-hybridized carbons (Fsp3) is 0.400. The topological polar surface area (TPSA) is 122 Å². The molecule has 2 fully saturated rings. The molecule has 10 nitrogen and oxygen atoms in total. The lowest BCUT2D eigenvalue weighted by Crippen LogP contribution is -2.56. The highest BCUT2D eigenvalue weighted by Crippen LogP contribution is 2.32. The van der Waals surface area contributed by atoms with Gasteiger partial charge in [-0.2, -0.15) is 5.10 Å². The number of nitrogens with zero attached hydrogens (tertiary/aromatic N) is 5. The quantitative estimate of drug-likeness (QED) is 0.503. The van der Waals surface area contributed by atoms with Gasteiger partial charge in [-0.05, 0) is 55.9 Å². The van der Waals surface area contributed by atoms with Crippen molar-refractivity contribution >= 4 is 22.8 Å². The number of hydrogen-bond donors (Lipinski definition) is 2. The number of fused-ring (bicyclic) bond motifs is 1. The highest BCUT2D eigenvalue weighted by molar-refractivity contribution is 5.93. The number of aliphatic hydroxyl groups is 1. The Hall–Kier alpha value is -4.04. The average molecular weight is 493 g/mol. The SMILES string of the molecule is C#CC(=O)N[C@@H]1CC[C@@H]1C(=O)N1CCC(O)(Cn2cnc3c(cnn3-c3ccc(F)cc3)c2=O)CC1. The van der Waals surface area contributed by atoms with Crippen molar-refractivity contribution in [2.75, 3.05) is 13.1 Å². The van der Waals surface area contributed by atoms with Crippen LogP contribution in [0, 0.1) is 24.1 Å². The van der Waals surface area contributed by atoms with Gasteiger partial charge in [0.2, 0.25) is 5.91 Å². The van der Waals surface area contributed by atoms with E-state index in [2.05, 4.69) is 15.4 Å². The molecular weight excluding hydrogens is 467 g/mol. The number of halogens is 1. The van der Waals surface area contributed by atoms with Crippen LogP contribution in [0.4, 0.5) is 4.39 Å². The Morgan fingerprint density at radius 3 is 2.58 bits per heavy atom.